The summed E-state index contributed by atoms with van der Waals surface area (Å²) in [7, 11) is 0. The number of phenols is 1. The molecule has 0 aliphatic carbocycles. The Kier molecular flexibility index (Phi) is 1.84. The summed E-state index contributed by atoms with van der Waals surface area (Å²) in [5, 5.41) is 9.37. The Morgan fingerprint density at radius 2 is 2.29 bits per heavy atom. The molecule has 74 valence electrons. The molecule has 0 unspecified atom stereocenters. The van der Waals surface area contributed by atoms with Crippen molar-refractivity contribution in [3.05, 3.63) is 17.7 Å². The molecule has 4 nitrogen and oxygen atoms in total. The Morgan fingerprint density at radius 3 is 2.93 bits per heavy atom. The highest BCUT2D eigenvalue weighted by Gasteiger charge is 2.26. The van der Waals surface area contributed by atoms with Gasteiger partial charge in [0, 0.05) is 12.2 Å². The van der Waals surface area contributed by atoms with Crippen LogP contribution in [0.2, 0.25) is 0 Å². The maximum atomic E-state index is 11.5. The molecule has 0 bridgehead atoms. The van der Waals surface area contributed by atoms with Crippen molar-refractivity contribution >= 4 is 17.3 Å². The van der Waals surface area contributed by atoms with Crippen LogP contribution in [0.25, 0.3) is 0 Å². The van der Waals surface area contributed by atoms with Gasteiger partial charge in [0.15, 0.2) is 0 Å². The highest BCUT2D eigenvalue weighted by atomic mass is 16.3. The van der Waals surface area contributed by atoms with Gasteiger partial charge in [-0.15, -0.1) is 0 Å². The number of benzene rings is 1. The summed E-state index contributed by atoms with van der Waals surface area (Å²) in [5.74, 6) is 0.113. The zero-order valence-electron chi connectivity index (χ0n) is 7.95. The zero-order valence-corrected chi connectivity index (χ0v) is 7.95. The highest BCUT2D eigenvalue weighted by Crippen LogP contribution is 2.35. The number of nitrogens with zero attached hydrogens (tertiary/aromatic N) is 1. The summed E-state index contributed by atoms with van der Waals surface area (Å²) >= 11 is 0. The minimum absolute atomic E-state index is 0.0505. The van der Waals surface area contributed by atoms with Gasteiger partial charge < -0.3 is 15.7 Å². The standard InChI is InChI=1S/C10H12N2O2/c1-2-12-8-5-7(11)9(13)3-6(8)4-10(12)14/h3,5,13H,2,4,11H2,1H3. The maximum absolute atomic E-state index is 11.5. The molecule has 1 heterocycles. The number of anilines is 2. The molecular formula is C10H12N2O2. The number of aromatic hydroxyl groups is 1. The quantitative estimate of drug-likeness (QED) is 0.512. The van der Waals surface area contributed by atoms with Crippen LogP contribution in [-0.4, -0.2) is 17.6 Å². The van der Waals surface area contributed by atoms with Crippen molar-refractivity contribution in [3.8, 4) is 5.75 Å². The topological polar surface area (TPSA) is 66.6 Å². The summed E-state index contributed by atoms with van der Waals surface area (Å²) in [6, 6.07) is 3.22. The Balaban J connectivity index is 2.54. The van der Waals surface area contributed by atoms with E-state index < -0.39 is 0 Å². The van der Waals surface area contributed by atoms with Crippen LogP contribution in [0.5, 0.6) is 5.75 Å². The lowest BCUT2D eigenvalue weighted by molar-refractivity contribution is -0.117. The van der Waals surface area contributed by atoms with Gasteiger partial charge in [-0.25, -0.2) is 0 Å². The van der Waals surface area contributed by atoms with Crippen LogP contribution >= 0.6 is 0 Å². The largest absolute Gasteiger partial charge is 0.506 e. The predicted octanol–water partition coefficient (Wildman–Crippen LogP) is 0.883. The third-order valence-electron chi connectivity index (χ3n) is 2.48. The summed E-state index contributed by atoms with van der Waals surface area (Å²) < 4.78 is 0. The van der Waals surface area contributed by atoms with Crippen molar-refractivity contribution in [2.75, 3.05) is 17.2 Å². The molecule has 1 aliphatic heterocycles. The van der Waals surface area contributed by atoms with E-state index in [1.807, 2.05) is 6.92 Å². The molecular weight excluding hydrogens is 180 g/mol. The van der Waals surface area contributed by atoms with Crippen molar-refractivity contribution in [2.24, 2.45) is 0 Å². The third kappa shape index (κ3) is 1.11. The average Bonchev–Trinajstić information content (AvgIpc) is 2.42. The maximum Gasteiger partial charge on any atom is 0.231 e. The number of nitrogens with two attached hydrogens (primary N) is 1. The number of rotatable bonds is 1. The highest BCUT2D eigenvalue weighted by molar-refractivity contribution is 6.02. The molecule has 4 heteroatoms. The van der Waals surface area contributed by atoms with E-state index in [0.717, 1.165) is 11.3 Å². The summed E-state index contributed by atoms with van der Waals surface area (Å²) in [4.78, 5) is 13.2. The molecule has 2 rings (SSSR count). The van der Waals surface area contributed by atoms with Crippen LogP contribution in [0.15, 0.2) is 12.1 Å². The van der Waals surface area contributed by atoms with Crippen molar-refractivity contribution < 1.29 is 9.90 Å². The van der Waals surface area contributed by atoms with Gasteiger partial charge in [0.1, 0.15) is 5.75 Å². The van der Waals surface area contributed by atoms with E-state index in [2.05, 4.69) is 0 Å². The molecule has 0 spiro atoms. The molecule has 0 saturated carbocycles. The third-order valence-corrected chi connectivity index (χ3v) is 2.48. The zero-order chi connectivity index (χ0) is 10.3. The number of nitrogen functional groups attached to an aromatic ring is 1. The van der Waals surface area contributed by atoms with E-state index in [4.69, 9.17) is 5.73 Å². The van der Waals surface area contributed by atoms with Crippen molar-refractivity contribution in [3.63, 3.8) is 0 Å². The van der Waals surface area contributed by atoms with Gasteiger partial charge in [0.05, 0.1) is 12.1 Å². The molecule has 0 radical (unpaired) electrons. The van der Waals surface area contributed by atoms with E-state index in [0.29, 0.717) is 18.7 Å². The van der Waals surface area contributed by atoms with Gasteiger partial charge in [-0.2, -0.15) is 0 Å². The Morgan fingerprint density at radius 1 is 1.57 bits per heavy atom. The first-order chi connectivity index (χ1) is 6.63. The number of carbonyl (C=O) groups is 1. The molecule has 0 atom stereocenters. The first kappa shape index (κ1) is 8.87. The second-order valence-corrected chi connectivity index (χ2v) is 3.35. The fourth-order valence-electron chi connectivity index (χ4n) is 1.77. The van der Waals surface area contributed by atoms with Gasteiger partial charge in [0.25, 0.3) is 0 Å². The number of amides is 1. The molecule has 0 aromatic heterocycles. The number of carbonyl (C=O) groups excluding carboxylic acids is 1. The van der Waals surface area contributed by atoms with Crippen LogP contribution < -0.4 is 10.6 Å². The molecule has 1 aromatic carbocycles. The fraction of sp³-hybridized carbons (Fsp3) is 0.300. The van der Waals surface area contributed by atoms with Crippen molar-refractivity contribution in [2.45, 2.75) is 13.3 Å². The summed E-state index contributed by atoms with van der Waals surface area (Å²) in [5.41, 5.74) is 7.56. The predicted molar refractivity (Wildman–Crippen MR) is 54.3 cm³/mol. The molecule has 1 aromatic rings. The minimum atomic E-state index is 0.0505. The van der Waals surface area contributed by atoms with Gasteiger partial charge >= 0.3 is 0 Å². The second kappa shape index (κ2) is 2.90. The summed E-state index contributed by atoms with van der Waals surface area (Å²) in [6.45, 7) is 2.55. The first-order valence-corrected chi connectivity index (χ1v) is 4.55. The summed E-state index contributed by atoms with van der Waals surface area (Å²) in [6.07, 6.45) is 0.358. The molecule has 14 heavy (non-hydrogen) atoms. The Hall–Kier alpha value is -1.71. The van der Waals surface area contributed by atoms with E-state index in [1.54, 1.807) is 17.0 Å². The van der Waals surface area contributed by atoms with Gasteiger partial charge in [0.2, 0.25) is 5.91 Å². The van der Waals surface area contributed by atoms with Crippen molar-refractivity contribution in [1.82, 2.24) is 0 Å². The normalized spacial score (nSPS) is 14.6. The van der Waals surface area contributed by atoms with Crippen LogP contribution in [-0.2, 0) is 11.2 Å². The lowest BCUT2D eigenvalue weighted by Gasteiger charge is -2.15. The van der Waals surface area contributed by atoms with Gasteiger partial charge in [-0.3, -0.25) is 4.79 Å². The monoisotopic (exact) mass is 192 g/mol. The molecule has 0 fully saturated rings. The second-order valence-electron chi connectivity index (χ2n) is 3.35. The number of hydrogen-bond donors (Lipinski definition) is 2. The van der Waals surface area contributed by atoms with E-state index >= 15 is 0 Å². The van der Waals surface area contributed by atoms with Crippen LogP contribution in [0.3, 0.4) is 0 Å². The SMILES string of the molecule is CCN1C(=O)Cc2cc(O)c(N)cc21. The lowest BCUT2D eigenvalue weighted by Crippen LogP contribution is -2.25. The number of hydrogen-bond acceptors (Lipinski definition) is 3. The lowest BCUT2D eigenvalue weighted by atomic mass is 10.1. The number of phenolic OH excluding ortho intramolecular Hbond substituents is 1. The van der Waals surface area contributed by atoms with Crippen molar-refractivity contribution in [1.29, 1.82) is 0 Å². The Labute approximate surface area is 81.9 Å². The molecule has 1 aliphatic rings. The molecule has 3 N–H and O–H groups in total. The van der Waals surface area contributed by atoms with Crippen LogP contribution in [0, 0.1) is 0 Å². The van der Waals surface area contributed by atoms with Crippen LogP contribution in [0.4, 0.5) is 11.4 Å². The van der Waals surface area contributed by atoms with E-state index in [1.165, 1.54) is 0 Å². The number of likely N-dealkylation sites (N-methyl/N-ethyl adjacent to an activating group) is 1. The minimum Gasteiger partial charge on any atom is -0.506 e. The Bertz CT molecular complexity index is 401. The molecule has 0 saturated heterocycles. The van der Waals surface area contributed by atoms with Gasteiger partial charge in [-0.05, 0) is 24.6 Å². The van der Waals surface area contributed by atoms with Gasteiger partial charge in [-0.1, -0.05) is 0 Å². The average molecular weight is 192 g/mol. The van der Waals surface area contributed by atoms with E-state index in [9.17, 15) is 9.90 Å². The first-order valence-electron chi connectivity index (χ1n) is 4.55. The van der Waals surface area contributed by atoms with E-state index in [-0.39, 0.29) is 11.7 Å². The van der Waals surface area contributed by atoms with Crippen LogP contribution in [0.1, 0.15) is 12.5 Å². The molecule has 1 amide bonds. The smallest absolute Gasteiger partial charge is 0.231 e. The number of fused-ring (bicyclic) bond motifs is 1. The fourth-order valence-corrected chi connectivity index (χ4v) is 1.77.